The fraction of sp³-hybridized carbons (Fsp3) is 0.370. The maximum absolute atomic E-state index is 12.8. The number of ketones is 2. The number of aromatic nitrogens is 10. The van der Waals surface area contributed by atoms with Gasteiger partial charge in [-0.2, -0.15) is 21.6 Å². The number of H-pyrrole nitrogens is 2. The van der Waals surface area contributed by atoms with Crippen molar-refractivity contribution in [1.82, 2.24) is 69.9 Å². The van der Waals surface area contributed by atoms with Crippen LogP contribution in [0.5, 0.6) is 0 Å². The molecule has 134 heavy (non-hydrogen) atoms. The number of benzene rings is 4. The van der Waals surface area contributed by atoms with Crippen LogP contribution in [0.15, 0.2) is 194 Å². The van der Waals surface area contributed by atoms with Crippen LogP contribution < -0.4 is 48.5 Å². The quantitative estimate of drug-likeness (QED) is 0.0119. The summed E-state index contributed by atoms with van der Waals surface area (Å²) in [5.74, 6) is 1.20. The molecule has 0 radical (unpaired) electrons. The summed E-state index contributed by atoms with van der Waals surface area (Å²) in [5, 5.41) is 19.3. The number of piperidine rings is 4. The van der Waals surface area contributed by atoms with Gasteiger partial charge in [-0.1, -0.05) is 122 Å². The van der Waals surface area contributed by atoms with Crippen LogP contribution in [0.2, 0.25) is 19.6 Å². The first-order valence-corrected chi connectivity index (χ1v) is 48.3. The first-order chi connectivity index (χ1) is 63.3. The van der Waals surface area contributed by atoms with Gasteiger partial charge in [-0.15, -0.1) is 0 Å². The van der Waals surface area contributed by atoms with Crippen LogP contribution in [0.3, 0.4) is 0 Å². The molecular weight excluding hydrogens is 1810 g/mol. The van der Waals surface area contributed by atoms with Crippen molar-refractivity contribution in [2.75, 3.05) is 84.7 Å². The van der Waals surface area contributed by atoms with E-state index < -0.39 is 45.6 Å². The number of carbonyl (C=O) groups excluding carboxylic acids is 8. The smallest absolute Gasteiger partial charge is 0.444 e. The summed E-state index contributed by atoms with van der Waals surface area (Å²) in [6.07, 6.45) is 14.5. The van der Waals surface area contributed by atoms with Crippen LogP contribution in [0.1, 0.15) is 148 Å². The molecule has 4 aliphatic rings. The van der Waals surface area contributed by atoms with Gasteiger partial charge in [0, 0.05) is 93.2 Å². The highest BCUT2D eigenvalue weighted by Crippen LogP contribution is 2.31. The van der Waals surface area contributed by atoms with E-state index in [1.165, 1.54) is 64.9 Å². The molecule has 4 fully saturated rings. The monoisotopic (exact) mass is 1920 g/mol. The third-order valence-electron chi connectivity index (χ3n) is 19.6. The summed E-state index contributed by atoms with van der Waals surface area (Å²) >= 11 is 9.87. The molecule has 714 valence electrons. The minimum Gasteiger partial charge on any atom is -0.444 e. The third kappa shape index (κ3) is 33.5. The van der Waals surface area contributed by atoms with Crippen molar-refractivity contribution in [2.24, 2.45) is 0 Å². The maximum atomic E-state index is 12.8. The number of anilines is 6. The zero-order chi connectivity index (χ0) is 98.3. The van der Waals surface area contributed by atoms with Gasteiger partial charge < -0.3 is 75.6 Å². The number of ether oxygens (including phenoxy) is 2. The van der Waals surface area contributed by atoms with Gasteiger partial charge in [0.1, 0.15) is 105 Å². The van der Waals surface area contributed by atoms with Crippen LogP contribution in [-0.2, 0) is 33.1 Å². The first kappa shape index (κ1) is 106. The van der Waals surface area contributed by atoms with E-state index in [4.69, 9.17) is 38.4 Å². The van der Waals surface area contributed by atoms with Crippen LogP contribution >= 0.6 is 23.2 Å². The Bertz CT molecular complexity index is 5980. The number of alkyl halides is 3. The van der Waals surface area contributed by atoms with Crippen molar-refractivity contribution >= 4 is 145 Å². The van der Waals surface area contributed by atoms with Crippen LogP contribution in [0.25, 0.3) is 44.6 Å². The zero-order valence-electron chi connectivity index (χ0n) is 76.1. The van der Waals surface area contributed by atoms with Crippen molar-refractivity contribution in [3.8, 4) is 22.5 Å². The van der Waals surface area contributed by atoms with Gasteiger partial charge in [-0.05, 0) is 192 Å². The minimum absolute atomic E-state index is 0.0175. The minimum atomic E-state index is -5.39. The van der Waals surface area contributed by atoms with Gasteiger partial charge in [0.25, 0.3) is 11.1 Å². The largest absolute Gasteiger partial charge is 0.522 e. The number of halogens is 5. The van der Waals surface area contributed by atoms with Crippen molar-refractivity contribution in [2.45, 2.75) is 167 Å². The predicted molar refractivity (Wildman–Crippen MR) is 513 cm³/mol. The second kappa shape index (κ2) is 49.5. The summed E-state index contributed by atoms with van der Waals surface area (Å²) < 4.78 is 70.6. The van der Waals surface area contributed by atoms with Crippen LogP contribution in [-0.4, -0.2) is 221 Å². The number of nitrogen functional groups attached to an aromatic ring is 1. The summed E-state index contributed by atoms with van der Waals surface area (Å²) in [6.45, 7) is 29.9. The molecule has 35 nitrogen and oxygen atoms in total. The normalized spacial score (nSPS) is 16.0. The van der Waals surface area contributed by atoms with E-state index in [1.807, 2.05) is 114 Å². The Hall–Kier alpha value is -13.3. The standard InChI is InChI=1S/C23H29N5O4.C21H21N5O2.C18H19N5O.C16H25N5O3.C7H5ClO.C4H9F3O3SSi.C3H3ClO/c1-15(29)18-19(24-14-25-20(18)27-21(30)16-9-6-5-7-10-16)26-17-11-8-12-28(13-17)22(31)32-23(2,3)4;1-2-18(28)26-10-6-9-15(12-26)24-20-19-17(27)11-16(14-7-4-3-5-8-14)25-21(19)23-13-22-20;24-15-9-14(12-5-2-1-3-6-12)23-18-16(15)17(20-11-21-18)22-13-7-4-8-19-10-13;1-10(22)12-13(17)18-9-19-14(12)20-11-6-5-7-21(8-11)15(23)24-16(2,3)4;8-7(9)6-4-2-1-3-5-6;1-12(2,3)10-11(8,9)4(5,6)7;1-2-3(4)5/h5-7,9-10,14,17H,8,11-13H2,1-4H3,(H2,24,25,26,27,30);2-5,7-8,11,13,15H,1,6,9-10,12H2,(H2,22,23,24,25,27);1-3,5-6,9,11,13,19H,4,7-8,10H2,(H2,20,21,22,23,24);9,11H,5-8H2,1-4H3,(H3,17,18,19,20);1-5H;1-3H3;2H,1H2/t17-;15-;13-;11-;;;/m1111.../s1. The molecule has 4 amide bonds. The Morgan fingerprint density at radius 1 is 0.515 bits per heavy atom. The number of nitrogens with zero attached hydrogens (tertiary/aromatic N) is 11. The molecule has 14 rings (SSSR count). The number of fused-ring (bicyclic) bond motifs is 2. The van der Waals surface area contributed by atoms with Gasteiger partial charge in [0.05, 0.1) is 11.4 Å². The molecule has 0 spiro atoms. The number of carbonyl (C=O) groups is 8. The maximum Gasteiger partial charge on any atom is 0.522 e. The van der Waals surface area contributed by atoms with E-state index in [0.717, 1.165) is 87.4 Å². The van der Waals surface area contributed by atoms with Crippen molar-refractivity contribution in [3.63, 3.8) is 0 Å². The lowest BCUT2D eigenvalue weighted by atomic mass is 10.1. The molecule has 4 aromatic carbocycles. The third-order valence-corrected chi connectivity index (χ3v) is 23.4. The zero-order valence-corrected chi connectivity index (χ0v) is 79.4. The number of nitrogens with one attached hydrogen (secondary N) is 8. The van der Waals surface area contributed by atoms with Crippen molar-refractivity contribution in [3.05, 3.63) is 227 Å². The van der Waals surface area contributed by atoms with Crippen LogP contribution in [0.4, 0.5) is 57.7 Å². The number of aromatic amines is 2. The van der Waals surface area contributed by atoms with E-state index in [0.29, 0.717) is 101 Å². The summed E-state index contributed by atoms with van der Waals surface area (Å²) in [6, 6.07) is 40.2. The number of hydrogen-bond acceptors (Lipinski definition) is 29. The van der Waals surface area contributed by atoms with E-state index in [9.17, 15) is 69.5 Å². The average molecular weight is 1930 g/mol. The molecule has 42 heteroatoms. The lowest BCUT2D eigenvalue weighted by Gasteiger charge is -2.34. The fourth-order valence-corrected chi connectivity index (χ4v) is 16.9. The highest BCUT2D eigenvalue weighted by molar-refractivity contribution is 7.88. The number of rotatable bonds is 19. The van der Waals surface area contributed by atoms with E-state index >= 15 is 0 Å². The lowest BCUT2D eigenvalue weighted by Crippen LogP contribution is -2.47. The molecule has 4 atom stereocenters. The summed E-state index contributed by atoms with van der Waals surface area (Å²) in [5.41, 5.74) is 5.01. The van der Waals surface area contributed by atoms with Gasteiger partial charge in [-0.3, -0.25) is 38.4 Å². The second-order valence-electron chi connectivity index (χ2n) is 33.8. The number of nitrogens with two attached hydrogens (primary N) is 1. The number of pyridine rings is 2. The van der Waals surface area contributed by atoms with E-state index in [1.54, 1.807) is 75.4 Å². The molecule has 0 bridgehead atoms. The topological polar surface area (TPSA) is 475 Å². The Labute approximate surface area is 784 Å². The Balaban J connectivity index is 0.000000202. The number of amides is 4. The molecule has 10 N–H and O–H groups in total. The molecule has 0 aliphatic carbocycles. The molecule has 4 saturated heterocycles. The molecule has 0 unspecified atom stereocenters. The highest BCUT2D eigenvalue weighted by Gasteiger charge is 2.49. The summed E-state index contributed by atoms with van der Waals surface area (Å²) in [4.78, 5) is 164. The first-order valence-electron chi connectivity index (χ1n) is 42.7. The van der Waals surface area contributed by atoms with E-state index in [-0.39, 0.29) is 93.4 Å². The molecule has 4 aliphatic heterocycles. The van der Waals surface area contributed by atoms with Crippen LogP contribution in [0, 0.1) is 0 Å². The van der Waals surface area contributed by atoms with Crippen molar-refractivity contribution in [1.29, 1.82) is 0 Å². The average Bonchev–Trinajstić information content (AvgIpc) is 0.784. The lowest BCUT2D eigenvalue weighted by molar-refractivity contribution is -0.127. The SMILES string of the molecule is C=CC(=O)Cl.C=CC(=O)N1CCC[C@@H](Nc2ncnc3[nH]c(-c4ccccc4)cc(=O)c23)C1.CC(=O)c1c(N)ncnc1N[C@@H]1CCCN(C(=O)OC(C)(C)C)C1.CC(=O)c1c(NC(=O)c2ccccc2)ncnc1N[C@@H]1CCCN(C(=O)OC(C)(C)C)C1.C[Si](C)(C)OS(=O)(=O)C(F)(F)F.O=C(Cl)c1ccccc1.O=c1cc(-c2ccccc2)[nH]c2ncnc(N[C@@H]3CCCNC3)c12. The predicted octanol–water partition coefficient (Wildman–Crippen LogP) is 15.2. The Kier molecular flexibility index (Phi) is 39.1. The Morgan fingerprint density at radius 3 is 1.27 bits per heavy atom. The van der Waals surface area contributed by atoms with Gasteiger partial charge in [0.15, 0.2) is 22.4 Å². The molecule has 0 saturated carbocycles. The Morgan fingerprint density at radius 2 is 0.888 bits per heavy atom. The summed E-state index contributed by atoms with van der Waals surface area (Å²) in [7, 11) is -8.10. The molecule has 6 aromatic heterocycles. The highest BCUT2D eigenvalue weighted by atomic mass is 35.5. The molecular formula is C92H111Cl2F3N20O15SSi. The molecule has 10 heterocycles. The number of allylic oxidation sites excluding steroid dienone is 1. The van der Waals surface area contributed by atoms with E-state index in [2.05, 4.69) is 98.8 Å². The number of Topliss-reactive ketones (excluding diaryl/α,β-unsaturated/α-hetero) is 2. The van der Waals surface area contributed by atoms with Crippen molar-refractivity contribution < 1.29 is 73.3 Å². The molecule has 10 aromatic rings. The van der Waals surface area contributed by atoms with Gasteiger partial charge in [-0.25, -0.2) is 49.5 Å². The number of likely N-dealkylation sites (tertiary alicyclic amines) is 3. The fourth-order valence-electron chi connectivity index (χ4n) is 13.8. The second-order valence-corrected chi connectivity index (χ2v) is 40.8. The van der Waals surface area contributed by atoms with Gasteiger partial charge >= 0.3 is 27.8 Å². The number of hydrogen-bond donors (Lipinski definition) is 9. The van der Waals surface area contributed by atoms with Gasteiger partial charge in [0.2, 0.25) is 19.5 Å².